The lowest BCUT2D eigenvalue weighted by molar-refractivity contribution is -0.143. The molecule has 230 valence electrons. The van der Waals surface area contributed by atoms with Crippen molar-refractivity contribution in [3.8, 4) is 0 Å². The van der Waals surface area contributed by atoms with Crippen LogP contribution in [0.3, 0.4) is 0 Å². The van der Waals surface area contributed by atoms with Gasteiger partial charge in [0, 0.05) is 43.7 Å². The van der Waals surface area contributed by atoms with Gasteiger partial charge in [0.15, 0.2) is 0 Å². The standard InChI is InChI=1S/C32H40F5N3O2/c1-21-3-2-4-24(15-21)27-20-40(28(30(41)42)16-23-5-6-23)19-25(27)18-39-13-10-22(11-14-39)9-12-31(33,34)26-7-8-29(38-17-26)32(35,36)37/h2-4,7-8,15,17,22-23,25,27-28H,5-6,9-14,16,18-20H2,1H3,(H,41,42)/t25-,27+,28+/m0/s1. The minimum atomic E-state index is -4.66. The average Bonchev–Trinajstić information content (AvgIpc) is 3.68. The predicted octanol–water partition coefficient (Wildman–Crippen LogP) is 6.96. The minimum Gasteiger partial charge on any atom is -0.480 e. The first-order chi connectivity index (χ1) is 19.9. The van der Waals surface area contributed by atoms with Crippen LogP contribution in [0.1, 0.15) is 73.2 Å². The van der Waals surface area contributed by atoms with Crippen molar-refractivity contribution in [3.05, 3.63) is 65.0 Å². The van der Waals surface area contributed by atoms with Crippen molar-refractivity contribution in [1.29, 1.82) is 0 Å². The topological polar surface area (TPSA) is 56.7 Å². The molecule has 1 saturated carbocycles. The second kappa shape index (κ2) is 12.6. The molecule has 42 heavy (non-hydrogen) atoms. The Morgan fingerprint density at radius 3 is 2.36 bits per heavy atom. The number of hydrogen-bond acceptors (Lipinski definition) is 4. The largest absolute Gasteiger partial charge is 0.480 e. The predicted molar refractivity (Wildman–Crippen MR) is 149 cm³/mol. The average molecular weight is 594 g/mol. The number of benzene rings is 1. The van der Waals surface area contributed by atoms with E-state index in [1.54, 1.807) is 0 Å². The lowest BCUT2D eigenvalue weighted by Gasteiger charge is -2.35. The number of likely N-dealkylation sites (tertiary alicyclic amines) is 2. The Bertz CT molecular complexity index is 1210. The highest BCUT2D eigenvalue weighted by atomic mass is 19.4. The highest BCUT2D eigenvalue weighted by Gasteiger charge is 2.42. The molecule has 2 saturated heterocycles. The van der Waals surface area contributed by atoms with E-state index >= 15 is 0 Å². The van der Waals surface area contributed by atoms with E-state index in [0.29, 0.717) is 31.0 Å². The van der Waals surface area contributed by atoms with Crippen LogP contribution in [-0.4, -0.2) is 64.6 Å². The minimum absolute atomic E-state index is 0.122. The summed E-state index contributed by atoms with van der Waals surface area (Å²) in [6.07, 6.45) is 0.365. The van der Waals surface area contributed by atoms with Gasteiger partial charge in [-0.15, -0.1) is 0 Å². The Morgan fingerprint density at radius 2 is 1.76 bits per heavy atom. The number of pyridine rings is 1. The van der Waals surface area contributed by atoms with Crippen molar-refractivity contribution in [2.24, 2.45) is 17.8 Å². The number of aryl methyl sites for hydroxylation is 1. The molecular formula is C32H40F5N3O2. The molecule has 5 nitrogen and oxygen atoms in total. The van der Waals surface area contributed by atoms with Crippen LogP contribution < -0.4 is 0 Å². The number of carbonyl (C=O) groups is 1. The molecule has 10 heteroatoms. The van der Waals surface area contributed by atoms with Crippen molar-refractivity contribution in [2.45, 2.75) is 75.9 Å². The molecular weight excluding hydrogens is 553 g/mol. The molecule has 0 amide bonds. The summed E-state index contributed by atoms with van der Waals surface area (Å²) in [5.74, 6) is -2.82. The number of alkyl halides is 5. The van der Waals surface area contributed by atoms with Gasteiger partial charge in [0.25, 0.3) is 5.92 Å². The van der Waals surface area contributed by atoms with Crippen LogP contribution in [0.15, 0.2) is 42.6 Å². The van der Waals surface area contributed by atoms with Gasteiger partial charge in [-0.05, 0) is 81.1 Å². The summed E-state index contributed by atoms with van der Waals surface area (Å²) in [5, 5.41) is 10.0. The third kappa shape index (κ3) is 7.67. The Labute approximate surface area is 244 Å². The van der Waals surface area contributed by atoms with Gasteiger partial charge < -0.3 is 10.0 Å². The zero-order valence-corrected chi connectivity index (χ0v) is 24.0. The number of carboxylic acids is 1. The van der Waals surface area contributed by atoms with Crippen LogP contribution in [0.2, 0.25) is 0 Å². The molecule has 1 N–H and O–H groups in total. The maximum Gasteiger partial charge on any atom is 0.433 e. The molecule has 3 heterocycles. The van der Waals surface area contributed by atoms with Crippen LogP contribution in [0, 0.1) is 24.7 Å². The van der Waals surface area contributed by atoms with Crippen LogP contribution in [-0.2, 0) is 16.9 Å². The lowest BCUT2D eigenvalue weighted by atomic mass is 9.86. The van der Waals surface area contributed by atoms with E-state index in [1.807, 2.05) is 0 Å². The number of piperidine rings is 1. The molecule has 3 aliphatic rings. The highest BCUT2D eigenvalue weighted by molar-refractivity contribution is 5.73. The summed E-state index contributed by atoms with van der Waals surface area (Å²) in [4.78, 5) is 20.0. The van der Waals surface area contributed by atoms with Crippen LogP contribution in [0.25, 0.3) is 0 Å². The fraction of sp³-hybridized carbons (Fsp3) is 0.625. The third-order valence-corrected chi connectivity index (χ3v) is 9.46. The van der Waals surface area contributed by atoms with E-state index in [4.69, 9.17) is 0 Å². The SMILES string of the molecule is Cc1cccc([C@H]2CN([C@H](CC3CC3)C(=O)O)C[C@@H]2CN2CCC(CCC(F)(F)c3ccc(C(F)(F)F)nc3)CC2)c1. The summed E-state index contributed by atoms with van der Waals surface area (Å²) in [6.45, 7) is 5.95. The number of aliphatic carboxylic acids is 1. The van der Waals surface area contributed by atoms with Crippen molar-refractivity contribution >= 4 is 5.97 Å². The molecule has 1 aromatic heterocycles. The van der Waals surface area contributed by atoms with Crippen molar-refractivity contribution in [3.63, 3.8) is 0 Å². The van der Waals surface area contributed by atoms with Crippen molar-refractivity contribution < 1.29 is 31.9 Å². The number of halogens is 5. The summed E-state index contributed by atoms with van der Waals surface area (Å²) in [7, 11) is 0. The van der Waals surface area contributed by atoms with E-state index < -0.39 is 41.8 Å². The maximum atomic E-state index is 14.8. The Balaban J connectivity index is 1.16. The second-order valence-electron chi connectivity index (χ2n) is 12.7. The molecule has 0 unspecified atom stereocenters. The van der Waals surface area contributed by atoms with Gasteiger partial charge >= 0.3 is 12.1 Å². The molecule has 3 atom stereocenters. The number of aromatic nitrogens is 1. The number of carboxylic acid groups (broad SMARTS) is 1. The molecule has 0 radical (unpaired) electrons. The van der Waals surface area contributed by atoms with Gasteiger partial charge in [-0.1, -0.05) is 42.7 Å². The monoisotopic (exact) mass is 593 g/mol. The fourth-order valence-electron chi connectivity index (χ4n) is 6.79. The van der Waals surface area contributed by atoms with Gasteiger partial charge in [0.05, 0.1) is 0 Å². The Morgan fingerprint density at radius 1 is 1.02 bits per heavy atom. The molecule has 0 bridgehead atoms. The summed E-state index contributed by atoms with van der Waals surface area (Å²) in [5.41, 5.74) is 0.767. The van der Waals surface area contributed by atoms with E-state index in [1.165, 1.54) is 11.1 Å². The van der Waals surface area contributed by atoms with Crippen LogP contribution in [0.4, 0.5) is 22.0 Å². The molecule has 5 rings (SSSR count). The number of hydrogen-bond donors (Lipinski definition) is 1. The van der Waals surface area contributed by atoms with Gasteiger partial charge in [0.2, 0.25) is 0 Å². The first kappa shape index (κ1) is 30.9. The normalized spacial score (nSPS) is 23.8. The van der Waals surface area contributed by atoms with Gasteiger partial charge in [0.1, 0.15) is 11.7 Å². The molecule has 2 aromatic rings. The van der Waals surface area contributed by atoms with E-state index in [0.717, 1.165) is 64.5 Å². The third-order valence-electron chi connectivity index (χ3n) is 9.46. The molecule has 2 aliphatic heterocycles. The van der Waals surface area contributed by atoms with Crippen molar-refractivity contribution in [2.75, 3.05) is 32.7 Å². The molecule has 3 fully saturated rings. The first-order valence-electron chi connectivity index (χ1n) is 15.1. The van der Waals surface area contributed by atoms with Gasteiger partial charge in [-0.25, -0.2) is 8.78 Å². The zero-order chi connectivity index (χ0) is 30.1. The van der Waals surface area contributed by atoms with Crippen LogP contribution in [0.5, 0.6) is 0 Å². The highest BCUT2D eigenvalue weighted by Crippen LogP contribution is 2.41. The van der Waals surface area contributed by atoms with Gasteiger partial charge in [-0.2, -0.15) is 13.2 Å². The van der Waals surface area contributed by atoms with E-state index in [9.17, 15) is 31.9 Å². The maximum absolute atomic E-state index is 14.8. The second-order valence-corrected chi connectivity index (χ2v) is 12.7. The number of nitrogens with zero attached hydrogens (tertiary/aromatic N) is 3. The molecule has 0 spiro atoms. The van der Waals surface area contributed by atoms with Crippen LogP contribution >= 0.6 is 0 Å². The van der Waals surface area contributed by atoms with Gasteiger partial charge in [-0.3, -0.25) is 14.7 Å². The summed E-state index contributed by atoms with van der Waals surface area (Å²) in [6, 6.07) is 9.46. The zero-order valence-electron chi connectivity index (χ0n) is 24.0. The molecule has 1 aromatic carbocycles. The Kier molecular flexibility index (Phi) is 9.23. The lowest BCUT2D eigenvalue weighted by Crippen LogP contribution is -2.42. The molecule has 1 aliphatic carbocycles. The first-order valence-corrected chi connectivity index (χ1v) is 15.1. The van der Waals surface area contributed by atoms with E-state index in [-0.39, 0.29) is 17.8 Å². The Hall–Kier alpha value is -2.59. The number of rotatable bonds is 11. The van der Waals surface area contributed by atoms with Crippen molar-refractivity contribution in [1.82, 2.24) is 14.8 Å². The fourth-order valence-corrected chi connectivity index (χ4v) is 6.79. The summed E-state index contributed by atoms with van der Waals surface area (Å²) >= 11 is 0. The quantitative estimate of drug-likeness (QED) is 0.286. The smallest absolute Gasteiger partial charge is 0.433 e. The summed E-state index contributed by atoms with van der Waals surface area (Å²) < 4.78 is 67.8. The van der Waals surface area contributed by atoms with E-state index in [2.05, 4.69) is 46.0 Å².